The normalized spacial score (nSPS) is 16.8. The number of phenols is 1. The van der Waals surface area contributed by atoms with Crippen LogP contribution in [-0.4, -0.2) is 5.11 Å². The fourth-order valence-electron chi connectivity index (χ4n) is 4.48. The largest absolute Gasteiger partial charge is 0.508 e. The fraction of sp³-hybridized carbons (Fsp3) is 0.111. The molecule has 5 rings (SSSR count). The summed E-state index contributed by atoms with van der Waals surface area (Å²) in [7, 11) is 0. The van der Waals surface area contributed by atoms with Gasteiger partial charge in [0, 0.05) is 28.7 Å². The van der Waals surface area contributed by atoms with E-state index in [0.717, 1.165) is 22.4 Å². The molecule has 0 saturated heterocycles. The molecule has 1 N–H and O–H groups in total. The molecule has 2 unspecified atom stereocenters. The van der Waals surface area contributed by atoms with Crippen molar-refractivity contribution in [3.8, 4) is 28.7 Å². The van der Waals surface area contributed by atoms with Crippen molar-refractivity contribution in [2.45, 2.75) is 18.8 Å². The smallest absolute Gasteiger partial charge is 0.133 e. The maximum Gasteiger partial charge on any atom is 0.133 e. The summed E-state index contributed by atoms with van der Waals surface area (Å²) in [4.78, 5) is 11.6. The third-order valence-electron chi connectivity index (χ3n) is 5.87. The zero-order valence-corrected chi connectivity index (χ0v) is 17.4. The Hall–Kier alpha value is -4.12. The number of rotatable bonds is 4. The van der Waals surface area contributed by atoms with Crippen LogP contribution in [0.3, 0.4) is 0 Å². The van der Waals surface area contributed by atoms with E-state index in [1.807, 2.05) is 54.6 Å². The lowest BCUT2D eigenvalue weighted by molar-refractivity contribution is 0.449. The molecule has 0 radical (unpaired) electrons. The molecule has 5 nitrogen and oxygen atoms in total. The average Bonchev–Trinajstić information content (AvgIpc) is 2.93. The topological polar surface area (TPSA) is 68.1 Å². The Kier molecular flexibility index (Phi) is 5.07. The summed E-state index contributed by atoms with van der Waals surface area (Å²) < 4.78 is 12.5. The van der Waals surface area contributed by atoms with Gasteiger partial charge < -0.3 is 14.6 Å². The lowest BCUT2D eigenvalue weighted by Gasteiger charge is -2.26. The third kappa shape index (κ3) is 3.48. The number of hydrogen-bond acceptors (Lipinski definition) is 5. The monoisotopic (exact) mass is 423 g/mol. The van der Waals surface area contributed by atoms with E-state index in [-0.39, 0.29) is 17.6 Å². The molecule has 158 valence electrons. The van der Waals surface area contributed by atoms with Crippen molar-refractivity contribution < 1.29 is 14.6 Å². The van der Waals surface area contributed by atoms with Crippen molar-refractivity contribution in [3.63, 3.8) is 0 Å². The van der Waals surface area contributed by atoms with E-state index in [1.54, 1.807) is 36.4 Å². The van der Waals surface area contributed by atoms with Crippen LogP contribution in [0.2, 0.25) is 0 Å². The third-order valence-corrected chi connectivity index (χ3v) is 5.87. The van der Waals surface area contributed by atoms with Gasteiger partial charge in [-0.25, -0.2) is 0 Å². The molecule has 1 heterocycles. The number of phenolic OH excluding ortho intramolecular Hbond substituents is 1. The van der Waals surface area contributed by atoms with Crippen LogP contribution in [0.25, 0.3) is 0 Å². The van der Waals surface area contributed by atoms with E-state index < -0.39 is 0 Å². The summed E-state index contributed by atoms with van der Waals surface area (Å²) in [5, 5.41) is 13.1. The second-order valence-corrected chi connectivity index (χ2v) is 7.82. The lowest BCUT2D eigenvalue weighted by atomic mass is 9.77. The summed E-state index contributed by atoms with van der Waals surface area (Å²) >= 11 is 0. The maximum absolute atomic E-state index is 11.6. The van der Waals surface area contributed by atoms with Gasteiger partial charge in [0.25, 0.3) is 0 Å². The van der Waals surface area contributed by atoms with Gasteiger partial charge in [0.2, 0.25) is 0 Å². The number of fused-ring (bicyclic) bond motifs is 2. The Bertz CT molecular complexity index is 1300. The van der Waals surface area contributed by atoms with Gasteiger partial charge in [0.15, 0.2) is 0 Å². The molecule has 1 aliphatic heterocycles. The molecule has 1 aliphatic rings. The van der Waals surface area contributed by atoms with E-state index in [9.17, 15) is 10.0 Å². The predicted molar refractivity (Wildman–Crippen MR) is 123 cm³/mol. The number of ether oxygens (including phenoxy) is 2. The van der Waals surface area contributed by atoms with Crippen molar-refractivity contribution in [2.75, 3.05) is 0 Å². The maximum atomic E-state index is 11.6. The molecule has 4 aromatic rings. The van der Waals surface area contributed by atoms with Gasteiger partial charge in [-0.3, -0.25) is 0 Å². The first-order valence-corrected chi connectivity index (χ1v) is 10.4. The van der Waals surface area contributed by atoms with Crippen LogP contribution < -0.4 is 9.47 Å². The molecule has 0 bridgehead atoms. The van der Waals surface area contributed by atoms with Crippen LogP contribution in [0, 0.1) is 4.91 Å². The van der Waals surface area contributed by atoms with Crippen molar-refractivity contribution >= 4 is 5.69 Å². The van der Waals surface area contributed by atoms with Gasteiger partial charge in [0.05, 0.1) is 0 Å². The first-order chi connectivity index (χ1) is 15.7. The number of nitrogens with zero attached hydrogens (tertiary/aromatic N) is 1. The highest BCUT2D eigenvalue weighted by molar-refractivity contribution is 5.62. The Labute approximate surface area is 185 Å². The Morgan fingerprint density at radius 3 is 2.38 bits per heavy atom. The van der Waals surface area contributed by atoms with E-state index in [4.69, 9.17) is 9.47 Å². The molecule has 5 heteroatoms. The van der Waals surface area contributed by atoms with E-state index >= 15 is 0 Å². The number of para-hydroxylation sites is 2. The first-order valence-electron chi connectivity index (χ1n) is 10.4. The lowest BCUT2D eigenvalue weighted by Crippen LogP contribution is -2.10. The van der Waals surface area contributed by atoms with Crippen LogP contribution in [0.15, 0.2) is 96.2 Å². The second-order valence-electron chi connectivity index (χ2n) is 7.82. The van der Waals surface area contributed by atoms with Crippen molar-refractivity contribution in [1.82, 2.24) is 0 Å². The molecule has 0 amide bonds. The minimum atomic E-state index is -0.149. The van der Waals surface area contributed by atoms with Gasteiger partial charge in [-0.05, 0) is 47.5 Å². The fourth-order valence-corrected chi connectivity index (χ4v) is 4.48. The summed E-state index contributed by atoms with van der Waals surface area (Å²) in [5.41, 5.74) is 3.10. The highest BCUT2D eigenvalue weighted by Crippen LogP contribution is 2.53. The van der Waals surface area contributed by atoms with Gasteiger partial charge in [-0.15, -0.1) is 4.91 Å². The number of aromatic hydroxyl groups is 1. The Morgan fingerprint density at radius 2 is 1.56 bits per heavy atom. The predicted octanol–water partition coefficient (Wildman–Crippen LogP) is 7.62. The SMILES string of the molecule is CC1c2c(N=O)cccc2Oc2ccccc2C1c1ccccc1Oc1cccc(O)c1. The van der Waals surface area contributed by atoms with E-state index in [2.05, 4.69) is 12.1 Å². The van der Waals surface area contributed by atoms with Crippen LogP contribution in [0.5, 0.6) is 28.7 Å². The van der Waals surface area contributed by atoms with Crippen molar-refractivity contribution in [2.24, 2.45) is 5.18 Å². The molecule has 2 atom stereocenters. The molecule has 0 saturated carbocycles. The highest BCUT2D eigenvalue weighted by Gasteiger charge is 2.34. The average molecular weight is 423 g/mol. The molecule has 32 heavy (non-hydrogen) atoms. The minimum absolute atomic E-state index is 0.114. The van der Waals surface area contributed by atoms with Crippen LogP contribution in [0.1, 0.15) is 35.4 Å². The van der Waals surface area contributed by atoms with Gasteiger partial charge in [-0.1, -0.05) is 55.5 Å². The Morgan fingerprint density at radius 1 is 0.844 bits per heavy atom. The summed E-state index contributed by atoms with van der Waals surface area (Å²) in [6.07, 6.45) is 0. The summed E-state index contributed by atoms with van der Waals surface area (Å²) in [6.45, 7) is 2.08. The molecular weight excluding hydrogens is 402 g/mol. The highest BCUT2D eigenvalue weighted by atomic mass is 16.5. The molecule has 0 aromatic heterocycles. The van der Waals surface area contributed by atoms with E-state index in [0.29, 0.717) is 22.9 Å². The minimum Gasteiger partial charge on any atom is -0.508 e. The second kappa shape index (κ2) is 8.19. The molecule has 0 fully saturated rings. The quantitative estimate of drug-likeness (QED) is 0.343. The van der Waals surface area contributed by atoms with Crippen LogP contribution in [-0.2, 0) is 0 Å². The number of hydrogen-bond donors (Lipinski definition) is 1. The standard InChI is InChI=1S/C27H21NO4/c1-17-26(20-10-2-4-13-23(20)31-19-9-6-8-18(29)16-19)21-11-3-5-14-24(21)32-25-15-7-12-22(28-30)27(17)25/h2-17,26,29H,1H3. The van der Waals surface area contributed by atoms with Gasteiger partial charge in [0.1, 0.15) is 34.4 Å². The first kappa shape index (κ1) is 19.8. The van der Waals surface area contributed by atoms with Crippen molar-refractivity contribution in [1.29, 1.82) is 0 Å². The van der Waals surface area contributed by atoms with Crippen LogP contribution in [0.4, 0.5) is 5.69 Å². The molecule has 4 aromatic carbocycles. The van der Waals surface area contributed by atoms with Gasteiger partial charge >= 0.3 is 0 Å². The Balaban J connectivity index is 1.69. The summed E-state index contributed by atoms with van der Waals surface area (Å²) in [5.74, 6) is 2.45. The van der Waals surface area contributed by atoms with Crippen LogP contribution >= 0.6 is 0 Å². The zero-order valence-electron chi connectivity index (χ0n) is 17.4. The van der Waals surface area contributed by atoms with Crippen molar-refractivity contribution in [3.05, 3.63) is 113 Å². The molecule has 0 aliphatic carbocycles. The number of nitroso groups, excluding NO2 is 1. The van der Waals surface area contributed by atoms with Gasteiger partial charge in [-0.2, -0.15) is 0 Å². The number of benzene rings is 4. The summed E-state index contributed by atoms with van der Waals surface area (Å²) in [6, 6.07) is 27.8. The molecule has 0 spiro atoms. The molecular formula is C27H21NO4. The van der Waals surface area contributed by atoms with E-state index in [1.165, 1.54) is 0 Å². The zero-order chi connectivity index (χ0) is 22.1.